The number of ether oxygens (including phenoxy) is 1. The molecule has 1 atom stereocenters. The Morgan fingerprint density at radius 1 is 1.43 bits per heavy atom. The van der Waals surface area contributed by atoms with Crippen LogP contribution in [0.25, 0.3) is 0 Å². The van der Waals surface area contributed by atoms with Crippen molar-refractivity contribution in [2.75, 3.05) is 14.2 Å². The number of hydrogen-bond acceptors (Lipinski definition) is 5. The largest absolute Gasteiger partial charge is 0.497 e. The lowest BCUT2D eigenvalue weighted by Crippen LogP contribution is -2.19. The normalized spacial score (nSPS) is 12.4. The van der Waals surface area contributed by atoms with Crippen LogP contribution in [0.2, 0.25) is 0 Å². The fourth-order valence-electron chi connectivity index (χ4n) is 2.27. The van der Waals surface area contributed by atoms with Crippen LogP contribution in [-0.2, 0) is 12.8 Å². The van der Waals surface area contributed by atoms with Crippen molar-refractivity contribution >= 4 is 27.5 Å². The zero-order chi connectivity index (χ0) is 15.2. The van der Waals surface area contributed by atoms with E-state index in [1.54, 1.807) is 7.11 Å². The molecule has 1 N–H and O–H groups in total. The number of methoxy groups -OCH3 is 1. The quantitative estimate of drug-likeness (QED) is 0.806. The zero-order valence-corrected chi connectivity index (χ0v) is 14.9. The van der Waals surface area contributed by atoms with Gasteiger partial charge in [0.2, 0.25) is 0 Å². The van der Waals surface area contributed by atoms with Gasteiger partial charge in [-0.1, -0.05) is 33.8 Å². The van der Waals surface area contributed by atoms with Gasteiger partial charge >= 0.3 is 0 Å². The number of nitrogens with one attached hydrogen (secondary N) is 1. The van der Waals surface area contributed by atoms with E-state index in [1.165, 1.54) is 22.0 Å². The van der Waals surface area contributed by atoms with Crippen LogP contribution in [-0.4, -0.2) is 23.7 Å². The zero-order valence-electron chi connectivity index (χ0n) is 12.5. The monoisotopic (exact) mass is 369 g/mol. The fourth-order valence-corrected chi connectivity index (χ4v) is 3.48. The van der Waals surface area contributed by atoms with E-state index < -0.39 is 0 Å². The number of hydrogen-bond donors (Lipinski definition) is 1. The molecule has 0 spiro atoms. The van der Waals surface area contributed by atoms with Crippen molar-refractivity contribution in [2.45, 2.75) is 32.2 Å². The van der Waals surface area contributed by atoms with E-state index >= 15 is 0 Å². The van der Waals surface area contributed by atoms with Crippen LogP contribution in [0.4, 0.5) is 0 Å². The van der Waals surface area contributed by atoms with Crippen LogP contribution < -0.4 is 10.1 Å². The van der Waals surface area contributed by atoms with Crippen molar-refractivity contribution in [2.24, 2.45) is 0 Å². The lowest BCUT2D eigenvalue weighted by atomic mass is 10.0. The first kappa shape index (κ1) is 16.4. The summed E-state index contributed by atoms with van der Waals surface area (Å²) in [5, 5.41) is 7.65. The highest BCUT2D eigenvalue weighted by molar-refractivity contribution is 9.10. The van der Waals surface area contributed by atoms with Crippen molar-refractivity contribution in [1.82, 2.24) is 14.9 Å². The fraction of sp³-hybridized carbons (Fsp3) is 0.467. The molecule has 1 heterocycles. The van der Waals surface area contributed by atoms with Gasteiger partial charge in [-0.3, -0.25) is 0 Å². The molecule has 0 aliphatic heterocycles. The molecule has 0 bridgehead atoms. The number of benzene rings is 1. The number of aryl methyl sites for hydroxylation is 1. The molecule has 0 saturated heterocycles. The summed E-state index contributed by atoms with van der Waals surface area (Å²) in [5.41, 5.74) is 2.32. The number of rotatable bonds is 7. The topological polar surface area (TPSA) is 47.0 Å². The Morgan fingerprint density at radius 2 is 2.24 bits per heavy atom. The Hall–Kier alpha value is -0.980. The van der Waals surface area contributed by atoms with Crippen LogP contribution in [0, 0.1) is 0 Å². The maximum Gasteiger partial charge on any atom is 0.119 e. The lowest BCUT2D eigenvalue weighted by Gasteiger charge is -2.17. The summed E-state index contributed by atoms with van der Waals surface area (Å²) >= 11 is 5.11. The van der Waals surface area contributed by atoms with Gasteiger partial charge in [-0.25, -0.2) is 0 Å². The summed E-state index contributed by atoms with van der Waals surface area (Å²) in [5.74, 6) is 0.874. The van der Waals surface area contributed by atoms with E-state index in [4.69, 9.17) is 4.74 Å². The minimum atomic E-state index is 0.218. The Bertz CT molecular complexity index is 588. The van der Waals surface area contributed by atoms with Gasteiger partial charge in [0.05, 0.1) is 17.7 Å². The first-order chi connectivity index (χ1) is 10.2. The number of likely N-dealkylation sites (N-methyl/N-ethyl adjacent to an activating group) is 1. The van der Waals surface area contributed by atoms with Crippen molar-refractivity contribution in [1.29, 1.82) is 0 Å². The van der Waals surface area contributed by atoms with Crippen LogP contribution in [0.15, 0.2) is 22.7 Å². The second-order valence-electron chi connectivity index (χ2n) is 4.84. The van der Waals surface area contributed by atoms with Gasteiger partial charge in [-0.05, 0) is 55.2 Å². The first-order valence-electron chi connectivity index (χ1n) is 7.00. The predicted molar refractivity (Wildman–Crippen MR) is 90.1 cm³/mol. The Kier molecular flexibility index (Phi) is 6.14. The molecule has 0 radical (unpaired) electrons. The lowest BCUT2D eigenvalue weighted by molar-refractivity contribution is 0.414. The number of nitrogens with zero attached hydrogens (tertiary/aromatic N) is 2. The molecule has 21 heavy (non-hydrogen) atoms. The molecule has 4 nitrogen and oxygen atoms in total. The predicted octanol–water partition coefficient (Wildman–Crippen LogP) is 3.76. The minimum absolute atomic E-state index is 0.218. The van der Waals surface area contributed by atoms with E-state index in [-0.39, 0.29) is 6.04 Å². The average Bonchev–Trinajstić information content (AvgIpc) is 2.95. The van der Waals surface area contributed by atoms with E-state index in [0.717, 1.165) is 35.2 Å². The van der Waals surface area contributed by atoms with E-state index in [0.29, 0.717) is 0 Å². The highest BCUT2D eigenvalue weighted by atomic mass is 79.9. The molecular weight excluding hydrogens is 350 g/mol. The van der Waals surface area contributed by atoms with Crippen molar-refractivity contribution in [3.05, 3.63) is 38.8 Å². The van der Waals surface area contributed by atoms with Crippen molar-refractivity contribution in [3.8, 4) is 5.75 Å². The minimum Gasteiger partial charge on any atom is -0.497 e. The molecule has 0 aliphatic rings. The molecule has 2 aromatic rings. The van der Waals surface area contributed by atoms with Crippen LogP contribution in [0.5, 0.6) is 5.75 Å². The molecule has 0 saturated carbocycles. The van der Waals surface area contributed by atoms with Gasteiger partial charge in [0.1, 0.15) is 5.75 Å². The molecule has 0 amide bonds. The van der Waals surface area contributed by atoms with E-state index in [1.807, 2.05) is 19.2 Å². The molecule has 1 unspecified atom stereocenters. The summed E-state index contributed by atoms with van der Waals surface area (Å²) in [7, 11) is 3.67. The van der Waals surface area contributed by atoms with E-state index in [2.05, 4.69) is 43.8 Å². The molecule has 0 aliphatic carbocycles. The maximum absolute atomic E-state index is 5.31. The summed E-state index contributed by atoms with van der Waals surface area (Å²) in [6.45, 7) is 2.16. The van der Waals surface area contributed by atoms with Gasteiger partial charge in [0.15, 0.2) is 0 Å². The number of halogens is 1. The van der Waals surface area contributed by atoms with Gasteiger partial charge in [0, 0.05) is 10.5 Å². The van der Waals surface area contributed by atoms with Crippen molar-refractivity contribution < 1.29 is 4.74 Å². The molecule has 0 fully saturated rings. The second-order valence-corrected chi connectivity index (χ2v) is 6.48. The Morgan fingerprint density at radius 3 is 2.90 bits per heavy atom. The summed E-state index contributed by atoms with van der Waals surface area (Å²) in [6.07, 6.45) is 2.93. The number of aromatic nitrogens is 2. The SMILES string of the molecule is CCCc1nnsc1C(Cc1cc(OC)ccc1Br)NC. The standard InChI is InChI=1S/C15H20BrN3OS/c1-4-5-13-15(21-19-18-13)14(17-2)9-10-8-11(20-3)6-7-12(10)16/h6-8,14,17H,4-5,9H2,1-3H3. The summed E-state index contributed by atoms with van der Waals surface area (Å²) < 4.78 is 10.5. The second kappa shape index (κ2) is 7.87. The molecule has 1 aromatic carbocycles. The van der Waals surface area contributed by atoms with Crippen molar-refractivity contribution in [3.63, 3.8) is 0 Å². The van der Waals surface area contributed by atoms with E-state index in [9.17, 15) is 0 Å². The summed E-state index contributed by atoms with van der Waals surface area (Å²) in [6, 6.07) is 6.27. The van der Waals surface area contributed by atoms with Gasteiger partial charge < -0.3 is 10.1 Å². The van der Waals surface area contributed by atoms with Gasteiger partial charge in [-0.15, -0.1) is 5.10 Å². The summed E-state index contributed by atoms with van der Waals surface area (Å²) in [4.78, 5) is 1.23. The molecule has 6 heteroatoms. The third-order valence-corrected chi connectivity index (χ3v) is 5.07. The Labute approximate surface area is 138 Å². The average molecular weight is 370 g/mol. The highest BCUT2D eigenvalue weighted by Crippen LogP contribution is 2.29. The molecular formula is C15H20BrN3OS. The van der Waals surface area contributed by atoms with Crippen LogP contribution in [0.3, 0.4) is 0 Å². The highest BCUT2D eigenvalue weighted by Gasteiger charge is 2.19. The Balaban J connectivity index is 2.24. The molecule has 2 rings (SSSR count). The maximum atomic E-state index is 5.31. The van der Waals surface area contributed by atoms with Gasteiger partial charge in [0.25, 0.3) is 0 Å². The third kappa shape index (κ3) is 4.02. The first-order valence-corrected chi connectivity index (χ1v) is 8.57. The van der Waals surface area contributed by atoms with Crippen LogP contribution in [0.1, 0.15) is 35.5 Å². The molecule has 1 aromatic heterocycles. The van der Waals surface area contributed by atoms with Gasteiger partial charge in [-0.2, -0.15) is 0 Å². The third-order valence-electron chi connectivity index (χ3n) is 3.41. The van der Waals surface area contributed by atoms with Crippen LogP contribution >= 0.6 is 27.5 Å². The smallest absolute Gasteiger partial charge is 0.119 e. The molecule has 114 valence electrons.